The first kappa shape index (κ1) is 15.1. The van der Waals surface area contributed by atoms with E-state index >= 15 is 0 Å². The SMILES string of the molecule is CSCc1ccc(C(=O)NC(CO)CC(C)C)o1. The molecule has 0 fully saturated rings. The summed E-state index contributed by atoms with van der Waals surface area (Å²) in [5.74, 6) is 2.01. The molecule has 0 aliphatic carbocycles. The summed E-state index contributed by atoms with van der Waals surface area (Å²) >= 11 is 1.64. The lowest BCUT2D eigenvalue weighted by Crippen LogP contribution is -2.38. The summed E-state index contributed by atoms with van der Waals surface area (Å²) in [4.78, 5) is 11.9. The molecule has 1 aromatic rings. The summed E-state index contributed by atoms with van der Waals surface area (Å²) < 4.78 is 5.42. The predicted molar refractivity (Wildman–Crippen MR) is 73.7 cm³/mol. The van der Waals surface area contributed by atoms with Gasteiger partial charge in [-0.3, -0.25) is 4.79 Å². The van der Waals surface area contributed by atoms with Crippen LogP contribution in [0.5, 0.6) is 0 Å². The number of amides is 1. The summed E-state index contributed by atoms with van der Waals surface area (Å²) in [6.07, 6.45) is 2.73. The topological polar surface area (TPSA) is 62.5 Å². The Bertz CT molecular complexity index is 376. The number of hydrogen-bond donors (Lipinski definition) is 2. The summed E-state index contributed by atoms with van der Waals surface area (Å²) in [5, 5.41) is 12.0. The van der Waals surface area contributed by atoms with E-state index in [1.807, 2.05) is 12.3 Å². The first-order valence-corrected chi connectivity index (χ1v) is 7.45. The van der Waals surface area contributed by atoms with Crippen LogP contribution in [0.1, 0.15) is 36.6 Å². The molecule has 102 valence electrons. The lowest BCUT2D eigenvalue weighted by atomic mass is 10.0. The van der Waals surface area contributed by atoms with Crippen molar-refractivity contribution in [3.05, 3.63) is 23.7 Å². The molecule has 0 aliphatic heterocycles. The van der Waals surface area contributed by atoms with E-state index in [2.05, 4.69) is 19.2 Å². The zero-order chi connectivity index (χ0) is 13.5. The van der Waals surface area contributed by atoms with E-state index in [0.717, 1.165) is 17.9 Å². The number of aliphatic hydroxyl groups excluding tert-OH is 1. The van der Waals surface area contributed by atoms with Gasteiger partial charge in [0.15, 0.2) is 5.76 Å². The van der Waals surface area contributed by atoms with Crippen molar-refractivity contribution in [1.29, 1.82) is 0 Å². The van der Waals surface area contributed by atoms with Crippen LogP contribution in [0.4, 0.5) is 0 Å². The summed E-state index contributed by atoms with van der Waals surface area (Å²) in [6, 6.07) is 3.26. The van der Waals surface area contributed by atoms with E-state index in [1.165, 1.54) is 0 Å². The van der Waals surface area contributed by atoms with Gasteiger partial charge >= 0.3 is 0 Å². The summed E-state index contributed by atoms with van der Waals surface area (Å²) in [5.41, 5.74) is 0. The first-order chi connectivity index (χ1) is 8.56. The van der Waals surface area contributed by atoms with Crippen LogP contribution in [0.3, 0.4) is 0 Å². The second kappa shape index (κ2) is 7.48. The number of nitrogens with one attached hydrogen (secondary N) is 1. The van der Waals surface area contributed by atoms with Gasteiger partial charge in [0.1, 0.15) is 5.76 Å². The third-order valence-corrected chi connectivity index (χ3v) is 3.06. The summed E-state index contributed by atoms with van der Waals surface area (Å²) in [6.45, 7) is 4.05. The Labute approximate surface area is 112 Å². The second-order valence-electron chi connectivity index (χ2n) is 4.68. The maximum Gasteiger partial charge on any atom is 0.287 e. The molecule has 0 spiro atoms. The zero-order valence-corrected chi connectivity index (χ0v) is 11.9. The van der Waals surface area contributed by atoms with E-state index in [-0.39, 0.29) is 18.6 Å². The Morgan fingerprint density at radius 2 is 2.22 bits per heavy atom. The lowest BCUT2D eigenvalue weighted by Gasteiger charge is -2.17. The Balaban J connectivity index is 2.57. The fourth-order valence-electron chi connectivity index (χ4n) is 1.72. The number of hydrogen-bond acceptors (Lipinski definition) is 4. The van der Waals surface area contributed by atoms with Crippen molar-refractivity contribution in [3.8, 4) is 0 Å². The molecular formula is C13H21NO3S. The Kier molecular flexibility index (Phi) is 6.29. The van der Waals surface area contributed by atoms with Crippen LogP contribution in [0.15, 0.2) is 16.5 Å². The third-order valence-electron chi connectivity index (χ3n) is 2.48. The lowest BCUT2D eigenvalue weighted by molar-refractivity contribution is 0.0879. The van der Waals surface area contributed by atoms with E-state index in [0.29, 0.717) is 11.7 Å². The van der Waals surface area contributed by atoms with E-state index < -0.39 is 0 Å². The molecule has 2 N–H and O–H groups in total. The Morgan fingerprint density at radius 3 is 2.78 bits per heavy atom. The van der Waals surface area contributed by atoms with Crippen LogP contribution in [0.25, 0.3) is 0 Å². The Hall–Kier alpha value is -0.940. The molecule has 1 rings (SSSR count). The van der Waals surface area contributed by atoms with Gasteiger partial charge in [-0.15, -0.1) is 0 Å². The number of carbonyl (C=O) groups is 1. The van der Waals surface area contributed by atoms with Gasteiger partial charge in [0, 0.05) is 0 Å². The van der Waals surface area contributed by atoms with Crippen LogP contribution in [0.2, 0.25) is 0 Å². The van der Waals surface area contributed by atoms with Gasteiger partial charge in [-0.05, 0) is 30.7 Å². The van der Waals surface area contributed by atoms with Crippen LogP contribution in [-0.2, 0) is 5.75 Å². The molecule has 0 radical (unpaired) electrons. The molecule has 1 unspecified atom stereocenters. The monoisotopic (exact) mass is 271 g/mol. The molecule has 1 heterocycles. The van der Waals surface area contributed by atoms with Gasteiger partial charge in [0.25, 0.3) is 5.91 Å². The minimum atomic E-state index is -0.262. The molecule has 0 aliphatic rings. The van der Waals surface area contributed by atoms with E-state index in [9.17, 15) is 9.90 Å². The molecule has 1 aromatic heterocycles. The largest absolute Gasteiger partial charge is 0.455 e. The fraction of sp³-hybridized carbons (Fsp3) is 0.615. The van der Waals surface area contributed by atoms with Crippen molar-refractivity contribution >= 4 is 17.7 Å². The van der Waals surface area contributed by atoms with Crippen LogP contribution in [-0.4, -0.2) is 29.9 Å². The third kappa shape index (κ3) is 4.74. The number of furan rings is 1. The predicted octanol–water partition coefficient (Wildman–Crippen LogP) is 2.28. The minimum absolute atomic E-state index is 0.0533. The average molecular weight is 271 g/mol. The molecule has 5 heteroatoms. The van der Waals surface area contributed by atoms with Crippen molar-refractivity contribution in [1.82, 2.24) is 5.32 Å². The van der Waals surface area contributed by atoms with Crippen molar-refractivity contribution in [2.24, 2.45) is 5.92 Å². The first-order valence-electron chi connectivity index (χ1n) is 6.06. The van der Waals surface area contributed by atoms with E-state index in [1.54, 1.807) is 17.8 Å². The van der Waals surface area contributed by atoms with Crippen LogP contribution >= 0.6 is 11.8 Å². The summed E-state index contributed by atoms with van der Waals surface area (Å²) in [7, 11) is 0. The smallest absolute Gasteiger partial charge is 0.287 e. The highest BCUT2D eigenvalue weighted by molar-refractivity contribution is 7.97. The van der Waals surface area contributed by atoms with Crippen molar-refractivity contribution in [2.75, 3.05) is 12.9 Å². The van der Waals surface area contributed by atoms with Crippen molar-refractivity contribution in [2.45, 2.75) is 32.1 Å². The number of thioether (sulfide) groups is 1. The highest BCUT2D eigenvalue weighted by Crippen LogP contribution is 2.14. The van der Waals surface area contributed by atoms with Gasteiger partial charge in [0.2, 0.25) is 0 Å². The second-order valence-corrected chi connectivity index (χ2v) is 5.55. The van der Waals surface area contributed by atoms with Gasteiger partial charge < -0.3 is 14.8 Å². The van der Waals surface area contributed by atoms with Gasteiger partial charge in [0.05, 0.1) is 18.4 Å². The van der Waals surface area contributed by atoms with Crippen LogP contribution in [0, 0.1) is 5.92 Å². The number of rotatable bonds is 7. The van der Waals surface area contributed by atoms with E-state index in [4.69, 9.17) is 4.42 Å². The van der Waals surface area contributed by atoms with Gasteiger partial charge in [-0.1, -0.05) is 13.8 Å². The molecule has 0 saturated heterocycles. The molecular weight excluding hydrogens is 250 g/mol. The van der Waals surface area contributed by atoms with Crippen molar-refractivity contribution in [3.63, 3.8) is 0 Å². The zero-order valence-electron chi connectivity index (χ0n) is 11.1. The number of carbonyl (C=O) groups excluding carboxylic acids is 1. The molecule has 1 atom stereocenters. The Morgan fingerprint density at radius 1 is 1.50 bits per heavy atom. The van der Waals surface area contributed by atoms with Gasteiger partial charge in [-0.2, -0.15) is 11.8 Å². The molecule has 18 heavy (non-hydrogen) atoms. The quantitative estimate of drug-likeness (QED) is 0.798. The van der Waals surface area contributed by atoms with Gasteiger partial charge in [-0.25, -0.2) is 0 Å². The maximum absolute atomic E-state index is 11.9. The number of aliphatic hydroxyl groups is 1. The van der Waals surface area contributed by atoms with Crippen LogP contribution < -0.4 is 5.32 Å². The molecule has 4 nitrogen and oxygen atoms in total. The fourth-order valence-corrected chi connectivity index (χ4v) is 2.16. The maximum atomic E-state index is 11.9. The molecule has 0 saturated carbocycles. The normalized spacial score (nSPS) is 12.7. The minimum Gasteiger partial charge on any atom is -0.455 e. The highest BCUT2D eigenvalue weighted by Gasteiger charge is 2.16. The molecule has 0 bridgehead atoms. The molecule has 0 aromatic carbocycles. The van der Waals surface area contributed by atoms with Crippen molar-refractivity contribution < 1.29 is 14.3 Å². The molecule has 1 amide bonds. The highest BCUT2D eigenvalue weighted by atomic mass is 32.2. The standard InChI is InChI=1S/C13H21NO3S/c1-9(2)6-10(7-15)14-13(16)12-5-4-11(17-12)8-18-3/h4-5,9-10,15H,6-8H2,1-3H3,(H,14,16). The average Bonchev–Trinajstić information content (AvgIpc) is 2.76.